The van der Waals surface area contributed by atoms with Gasteiger partial charge in [0.15, 0.2) is 0 Å². The first-order chi connectivity index (χ1) is 15.3. The second kappa shape index (κ2) is 8.81. The highest BCUT2D eigenvalue weighted by atomic mass is 16.5. The number of hydrogen-bond donors (Lipinski definition) is 1. The lowest BCUT2D eigenvalue weighted by Crippen LogP contribution is -2.37. The molecule has 168 valence electrons. The molecule has 2 aliphatic rings. The molecule has 1 atom stereocenters. The molecule has 4 rings (SSSR count). The van der Waals surface area contributed by atoms with Gasteiger partial charge in [-0.3, -0.25) is 9.59 Å². The number of hydrogen-bond acceptors (Lipinski definition) is 4. The smallest absolute Gasteiger partial charge is 0.295 e. The zero-order valence-electron chi connectivity index (χ0n) is 19.2. The number of Topliss-reactive ketones (excluding diaryl/α,β-unsaturated/α-hetero) is 1. The van der Waals surface area contributed by atoms with Crippen molar-refractivity contribution in [3.05, 3.63) is 70.3 Å². The summed E-state index contributed by atoms with van der Waals surface area (Å²) in [5, 5.41) is 11.3. The number of ketones is 1. The Kier molecular flexibility index (Phi) is 6.09. The van der Waals surface area contributed by atoms with Gasteiger partial charge in [-0.2, -0.15) is 0 Å². The van der Waals surface area contributed by atoms with E-state index < -0.39 is 17.7 Å². The largest absolute Gasteiger partial charge is 0.507 e. The number of amides is 1. The number of carbonyl (C=O) groups is 2. The summed E-state index contributed by atoms with van der Waals surface area (Å²) < 4.78 is 5.76. The van der Waals surface area contributed by atoms with Crippen LogP contribution >= 0.6 is 0 Å². The Morgan fingerprint density at radius 3 is 2.31 bits per heavy atom. The second-order valence-electron chi connectivity index (χ2n) is 9.20. The van der Waals surface area contributed by atoms with E-state index in [2.05, 4.69) is 0 Å². The van der Waals surface area contributed by atoms with Crippen LogP contribution < -0.4 is 4.74 Å². The number of aryl methyl sites for hydroxylation is 2. The van der Waals surface area contributed by atoms with Gasteiger partial charge in [0, 0.05) is 11.6 Å². The van der Waals surface area contributed by atoms with Gasteiger partial charge >= 0.3 is 0 Å². The maximum Gasteiger partial charge on any atom is 0.295 e. The van der Waals surface area contributed by atoms with Gasteiger partial charge < -0.3 is 14.7 Å². The molecule has 0 aromatic heterocycles. The topological polar surface area (TPSA) is 66.8 Å². The molecule has 1 saturated heterocycles. The Balaban J connectivity index is 1.86. The fraction of sp³-hybridized carbons (Fsp3) is 0.407. The van der Waals surface area contributed by atoms with E-state index in [1.54, 1.807) is 4.90 Å². The van der Waals surface area contributed by atoms with E-state index in [0.717, 1.165) is 48.1 Å². The summed E-state index contributed by atoms with van der Waals surface area (Å²) in [6.45, 7) is 7.77. The predicted octanol–water partition coefficient (Wildman–Crippen LogP) is 5.45. The summed E-state index contributed by atoms with van der Waals surface area (Å²) in [6.07, 6.45) is 3.88. The van der Waals surface area contributed by atoms with Crippen molar-refractivity contribution >= 4 is 17.4 Å². The molecule has 1 aliphatic heterocycles. The molecule has 1 aliphatic carbocycles. The van der Waals surface area contributed by atoms with Crippen molar-refractivity contribution in [3.63, 3.8) is 0 Å². The summed E-state index contributed by atoms with van der Waals surface area (Å²) in [7, 11) is 0. The standard InChI is InChI=1S/C27H31NO4/c1-16(2)32-21-13-11-19(12-14-21)24-23(25(29)22-15-17(3)9-10-18(22)4)26(30)27(31)28(24)20-7-5-6-8-20/h9-16,20,24,29H,5-8H2,1-4H3/b25-23+. The average molecular weight is 434 g/mol. The van der Waals surface area contributed by atoms with Crippen LogP contribution in [0.25, 0.3) is 5.76 Å². The number of rotatable bonds is 5. The van der Waals surface area contributed by atoms with Gasteiger partial charge in [-0.15, -0.1) is 0 Å². The van der Waals surface area contributed by atoms with Crippen LogP contribution in [-0.2, 0) is 9.59 Å². The number of ether oxygens (including phenoxy) is 1. The zero-order chi connectivity index (χ0) is 23.0. The lowest BCUT2D eigenvalue weighted by molar-refractivity contribution is -0.141. The van der Waals surface area contributed by atoms with Crippen molar-refractivity contribution < 1.29 is 19.4 Å². The van der Waals surface area contributed by atoms with Crippen LogP contribution in [0, 0.1) is 13.8 Å². The van der Waals surface area contributed by atoms with E-state index >= 15 is 0 Å². The van der Waals surface area contributed by atoms with Gasteiger partial charge in [-0.05, 0) is 69.9 Å². The molecule has 5 nitrogen and oxygen atoms in total. The van der Waals surface area contributed by atoms with Crippen molar-refractivity contribution in [1.82, 2.24) is 4.90 Å². The second-order valence-corrected chi connectivity index (χ2v) is 9.20. The third-order valence-corrected chi connectivity index (χ3v) is 6.41. The number of likely N-dealkylation sites (tertiary alicyclic amines) is 1. The SMILES string of the molecule is Cc1ccc(C)c(/C(O)=C2\C(=O)C(=O)N(C3CCCC3)C2c2ccc(OC(C)C)cc2)c1. The molecular formula is C27H31NO4. The predicted molar refractivity (Wildman–Crippen MR) is 125 cm³/mol. The van der Waals surface area contributed by atoms with Gasteiger partial charge in [-0.25, -0.2) is 0 Å². The number of aliphatic hydroxyl groups is 1. The molecule has 5 heteroatoms. The van der Waals surface area contributed by atoms with E-state index in [9.17, 15) is 14.7 Å². The monoisotopic (exact) mass is 433 g/mol. The number of aliphatic hydroxyl groups excluding tert-OH is 1. The Morgan fingerprint density at radius 1 is 1.03 bits per heavy atom. The maximum atomic E-state index is 13.2. The molecule has 2 fully saturated rings. The van der Waals surface area contributed by atoms with Crippen LogP contribution in [0.4, 0.5) is 0 Å². The first kappa shape index (κ1) is 22.1. The van der Waals surface area contributed by atoms with E-state index in [4.69, 9.17) is 4.74 Å². The molecule has 1 saturated carbocycles. The van der Waals surface area contributed by atoms with E-state index in [-0.39, 0.29) is 23.5 Å². The molecule has 1 amide bonds. The molecule has 32 heavy (non-hydrogen) atoms. The quantitative estimate of drug-likeness (QED) is 0.387. The molecular weight excluding hydrogens is 402 g/mol. The molecule has 0 spiro atoms. The highest BCUT2D eigenvalue weighted by Gasteiger charge is 2.49. The molecule has 1 heterocycles. The van der Waals surface area contributed by atoms with E-state index in [1.165, 1.54) is 0 Å². The van der Waals surface area contributed by atoms with Gasteiger partial charge in [0.2, 0.25) is 0 Å². The van der Waals surface area contributed by atoms with Crippen molar-refractivity contribution in [2.45, 2.75) is 71.6 Å². The summed E-state index contributed by atoms with van der Waals surface area (Å²) >= 11 is 0. The molecule has 0 radical (unpaired) electrons. The summed E-state index contributed by atoms with van der Waals surface area (Å²) in [5.74, 6) is -0.493. The zero-order valence-corrected chi connectivity index (χ0v) is 19.2. The lowest BCUT2D eigenvalue weighted by Gasteiger charge is -2.31. The summed E-state index contributed by atoms with van der Waals surface area (Å²) in [4.78, 5) is 28.2. The van der Waals surface area contributed by atoms with Crippen molar-refractivity contribution in [3.8, 4) is 5.75 Å². The first-order valence-corrected chi connectivity index (χ1v) is 11.4. The Labute approximate surface area is 189 Å². The molecule has 1 unspecified atom stereocenters. The molecule has 0 bridgehead atoms. The van der Waals surface area contributed by atoms with Crippen LogP contribution in [0.1, 0.15) is 67.8 Å². The summed E-state index contributed by atoms with van der Waals surface area (Å²) in [6, 6.07) is 12.7. The Bertz CT molecular complexity index is 1060. The number of carbonyl (C=O) groups excluding carboxylic acids is 2. The number of nitrogens with zero attached hydrogens (tertiary/aromatic N) is 1. The average Bonchev–Trinajstić information content (AvgIpc) is 3.36. The third kappa shape index (κ3) is 4.04. The van der Waals surface area contributed by atoms with Crippen LogP contribution in [0.15, 0.2) is 48.0 Å². The summed E-state index contributed by atoms with van der Waals surface area (Å²) in [5.41, 5.74) is 3.42. The maximum absolute atomic E-state index is 13.2. The van der Waals surface area contributed by atoms with Gasteiger partial charge in [-0.1, -0.05) is 42.7 Å². The van der Waals surface area contributed by atoms with Crippen molar-refractivity contribution in [2.24, 2.45) is 0 Å². The van der Waals surface area contributed by atoms with E-state index in [1.807, 2.05) is 70.2 Å². The van der Waals surface area contributed by atoms with Crippen LogP contribution in [0.3, 0.4) is 0 Å². The minimum absolute atomic E-state index is 0.00643. The fourth-order valence-electron chi connectivity index (χ4n) is 4.87. The lowest BCUT2D eigenvalue weighted by atomic mass is 9.93. The highest BCUT2D eigenvalue weighted by Crippen LogP contribution is 2.44. The fourth-order valence-corrected chi connectivity index (χ4v) is 4.87. The molecule has 1 N–H and O–H groups in total. The third-order valence-electron chi connectivity index (χ3n) is 6.41. The van der Waals surface area contributed by atoms with Gasteiger partial charge in [0.05, 0.1) is 17.7 Å². The highest BCUT2D eigenvalue weighted by molar-refractivity contribution is 6.46. The van der Waals surface area contributed by atoms with Crippen molar-refractivity contribution in [1.29, 1.82) is 0 Å². The van der Waals surface area contributed by atoms with Crippen LogP contribution in [-0.4, -0.2) is 33.8 Å². The number of benzene rings is 2. The van der Waals surface area contributed by atoms with Crippen molar-refractivity contribution in [2.75, 3.05) is 0 Å². The first-order valence-electron chi connectivity index (χ1n) is 11.4. The minimum Gasteiger partial charge on any atom is -0.507 e. The molecule has 2 aromatic carbocycles. The normalized spacial score (nSPS) is 21.0. The van der Waals surface area contributed by atoms with Crippen LogP contribution in [0.2, 0.25) is 0 Å². The van der Waals surface area contributed by atoms with Gasteiger partial charge in [0.25, 0.3) is 11.7 Å². The van der Waals surface area contributed by atoms with Gasteiger partial charge in [0.1, 0.15) is 11.5 Å². The Morgan fingerprint density at radius 2 is 1.69 bits per heavy atom. The van der Waals surface area contributed by atoms with Crippen LogP contribution in [0.5, 0.6) is 5.75 Å². The Hall–Kier alpha value is -3.08. The minimum atomic E-state index is -0.609. The molecule has 2 aromatic rings. The van der Waals surface area contributed by atoms with E-state index in [0.29, 0.717) is 5.56 Å².